The third kappa shape index (κ3) is 4.42. The summed E-state index contributed by atoms with van der Waals surface area (Å²) in [6.45, 7) is 3.88. The lowest BCUT2D eigenvalue weighted by atomic mass is 10.0. The second-order valence-corrected chi connectivity index (χ2v) is 3.12. The molecule has 84 valence electrons. The van der Waals surface area contributed by atoms with Crippen molar-refractivity contribution in [2.45, 2.75) is 20.3 Å². The molecule has 0 amide bonds. The first-order valence-electron chi connectivity index (χ1n) is 4.38. The van der Waals surface area contributed by atoms with Gasteiger partial charge in [-0.3, -0.25) is 0 Å². The standard InChI is InChI=1S/C10H14O2.O3/c1-7-5-9(3-4-11)6-8(2)10(7)12;1-3-2/h5-6,11-12H,3-4H2,1-2H3;. The highest BCUT2D eigenvalue weighted by Crippen LogP contribution is 2.22. The van der Waals surface area contributed by atoms with E-state index in [1.807, 2.05) is 26.0 Å². The average Bonchev–Trinajstić information content (AvgIpc) is 2.16. The van der Waals surface area contributed by atoms with Crippen LogP contribution in [0.4, 0.5) is 0 Å². The summed E-state index contributed by atoms with van der Waals surface area (Å²) in [5.41, 5.74) is 2.82. The molecule has 0 spiro atoms. The maximum atomic E-state index is 9.44. The van der Waals surface area contributed by atoms with Gasteiger partial charge in [0, 0.05) is 6.61 Å². The van der Waals surface area contributed by atoms with Gasteiger partial charge in [-0.05, 0) is 37.0 Å². The van der Waals surface area contributed by atoms with Crippen LogP contribution in [0, 0.1) is 23.6 Å². The van der Waals surface area contributed by atoms with Crippen molar-refractivity contribution in [3.8, 4) is 5.75 Å². The molecule has 5 heteroatoms. The van der Waals surface area contributed by atoms with Crippen LogP contribution in [0.5, 0.6) is 5.75 Å². The third-order valence-electron chi connectivity index (χ3n) is 1.95. The largest absolute Gasteiger partial charge is 0.507 e. The fourth-order valence-electron chi connectivity index (χ4n) is 1.32. The fraction of sp³-hybridized carbons (Fsp3) is 0.400. The molecule has 0 fully saturated rings. The van der Waals surface area contributed by atoms with E-state index in [9.17, 15) is 5.11 Å². The highest BCUT2D eigenvalue weighted by molar-refractivity contribution is 5.42. The van der Waals surface area contributed by atoms with E-state index in [0.717, 1.165) is 16.7 Å². The highest BCUT2D eigenvalue weighted by Gasteiger charge is 2.02. The summed E-state index contributed by atoms with van der Waals surface area (Å²) < 4.78 is 1.75. The minimum atomic E-state index is 0.156. The Kier molecular flexibility index (Phi) is 6.05. The van der Waals surface area contributed by atoms with Crippen LogP contribution in [-0.4, -0.2) is 16.8 Å². The van der Waals surface area contributed by atoms with Crippen LogP contribution in [-0.2, 0) is 6.42 Å². The van der Waals surface area contributed by atoms with Crippen molar-refractivity contribution >= 4 is 0 Å². The number of rotatable bonds is 2. The van der Waals surface area contributed by atoms with Crippen LogP contribution in [0.1, 0.15) is 16.7 Å². The van der Waals surface area contributed by atoms with Gasteiger partial charge in [0.1, 0.15) is 5.75 Å². The number of aliphatic hydroxyl groups excluding tert-OH is 1. The van der Waals surface area contributed by atoms with Gasteiger partial charge in [0.15, 0.2) is 4.75 Å². The molecular weight excluding hydrogens is 200 g/mol. The van der Waals surface area contributed by atoms with Crippen molar-refractivity contribution in [1.29, 1.82) is 0 Å². The summed E-state index contributed by atoms with van der Waals surface area (Å²) in [7, 11) is 0. The smallest absolute Gasteiger partial charge is 0.154 e. The number of hydrogen-bond acceptors (Lipinski definition) is 4. The zero-order chi connectivity index (χ0) is 11.8. The molecule has 0 atom stereocenters. The van der Waals surface area contributed by atoms with Gasteiger partial charge in [0.05, 0.1) is 0 Å². The predicted octanol–water partition coefficient (Wildman–Crippen LogP) is 0.422. The molecule has 0 saturated carbocycles. The molecule has 0 saturated heterocycles. The molecule has 1 aromatic carbocycles. The topological polar surface area (TPSA) is 91.9 Å². The Morgan fingerprint density at radius 2 is 1.73 bits per heavy atom. The molecule has 0 radical (unpaired) electrons. The van der Waals surface area contributed by atoms with Gasteiger partial charge in [0.2, 0.25) is 0 Å². The van der Waals surface area contributed by atoms with Crippen LogP contribution in [0.3, 0.4) is 0 Å². The highest BCUT2D eigenvalue weighted by atomic mass is 17.2. The van der Waals surface area contributed by atoms with Gasteiger partial charge in [-0.2, -0.15) is 0 Å². The lowest BCUT2D eigenvalue weighted by Crippen LogP contribution is -1.92. The second-order valence-electron chi connectivity index (χ2n) is 3.12. The van der Waals surface area contributed by atoms with Crippen molar-refractivity contribution in [3.05, 3.63) is 38.5 Å². The first-order chi connectivity index (χ1) is 7.06. The Morgan fingerprint density at radius 3 is 2.07 bits per heavy atom. The van der Waals surface area contributed by atoms with Crippen molar-refractivity contribution in [2.75, 3.05) is 6.61 Å². The van der Waals surface area contributed by atoms with Crippen molar-refractivity contribution < 1.29 is 15.5 Å². The van der Waals surface area contributed by atoms with Crippen LogP contribution < -0.4 is 5.26 Å². The van der Waals surface area contributed by atoms with Gasteiger partial charge in [0.25, 0.3) is 0 Å². The molecule has 0 aliphatic rings. The number of phenols is 1. The lowest BCUT2D eigenvalue weighted by molar-refractivity contribution is -0.284. The summed E-state index contributed by atoms with van der Waals surface area (Å²) in [4.78, 5) is 7.88. The number of benzene rings is 1. The van der Waals surface area contributed by atoms with Crippen molar-refractivity contribution in [2.24, 2.45) is 0 Å². The van der Waals surface area contributed by atoms with E-state index in [0.29, 0.717) is 12.2 Å². The van der Waals surface area contributed by atoms with Gasteiger partial charge in [-0.1, -0.05) is 22.4 Å². The number of hydrogen-bond donors (Lipinski definition) is 2. The minimum Gasteiger partial charge on any atom is -0.507 e. The Balaban J connectivity index is 0.000000583. The summed E-state index contributed by atoms with van der Waals surface area (Å²) in [5.74, 6) is 0.358. The SMILES string of the molecule is Cc1cc(CCO)cc(C)c1O.O=[O+][O-]. The van der Waals surface area contributed by atoms with Gasteiger partial charge in [-0.25, -0.2) is 0 Å². The summed E-state index contributed by atoms with van der Waals surface area (Å²) in [5, 5.41) is 26.0. The third-order valence-corrected chi connectivity index (χ3v) is 1.95. The van der Waals surface area contributed by atoms with E-state index in [4.69, 9.17) is 15.3 Å². The molecule has 0 bridgehead atoms. The zero-order valence-electron chi connectivity index (χ0n) is 8.69. The van der Waals surface area contributed by atoms with Crippen LogP contribution in [0.25, 0.3) is 0 Å². The lowest BCUT2D eigenvalue weighted by Gasteiger charge is -2.06. The number of phenolic OH excluding ortho intramolecular Hbond substituents is 1. The van der Waals surface area contributed by atoms with E-state index < -0.39 is 0 Å². The number of aliphatic hydroxyl groups is 1. The number of aryl methyl sites for hydroxylation is 2. The Hall–Kier alpha value is -1.62. The van der Waals surface area contributed by atoms with E-state index in [1.165, 1.54) is 0 Å². The molecular formula is C10H14O5. The van der Waals surface area contributed by atoms with Crippen LogP contribution >= 0.6 is 0 Å². The van der Waals surface area contributed by atoms with E-state index in [-0.39, 0.29) is 6.61 Å². The van der Waals surface area contributed by atoms with Crippen molar-refractivity contribution in [3.63, 3.8) is 0 Å². The zero-order valence-corrected chi connectivity index (χ0v) is 8.69. The Labute approximate surface area is 87.5 Å². The maximum absolute atomic E-state index is 9.44. The first-order valence-corrected chi connectivity index (χ1v) is 4.38. The predicted molar refractivity (Wildman–Crippen MR) is 55.1 cm³/mol. The van der Waals surface area contributed by atoms with Crippen LogP contribution in [0.2, 0.25) is 0 Å². The minimum absolute atomic E-state index is 0.156. The van der Waals surface area contributed by atoms with Crippen LogP contribution in [0.15, 0.2) is 12.1 Å². The first kappa shape index (κ1) is 13.4. The molecule has 2 N–H and O–H groups in total. The van der Waals surface area contributed by atoms with Crippen molar-refractivity contribution in [1.82, 2.24) is 0 Å². The van der Waals surface area contributed by atoms with Gasteiger partial charge >= 0.3 is 0 Å². The average molecular weight is 214 g/mol. The summed E-state index contributed by atoms with van der Waals surface area (Å²) in [6, 6.07) is 3.80. The molecule has 1 rings (SSSR count). The summed E-state index contributed by atoms with van der Waals surface area (Å²) >= 11 is 0. The number of aromatic hydroxyl groups is 1. The van der Waals surface area contributed by atoms with Gasteiger partial charge in [-0.15, -0.1) is 0 Å². The van der Waals surface area contributed by atoms with E-state index >= 15 is 0 Å². The Bertz CT molecular complexity index is 299. The quantitative estimate of drug-likeness (QED) is 0.424. The monoisotopic (exact) mass is 214 g/mol. The molecule has 0 aliphatic carbocycles. The van der Waals surface area contributed by atoms with E-state index in [1.54, 1.807) is 4.75 Å². The molecule has 5 nitrogen and oxygen atoms in total. The molecule has 0 unspecified atom stereocenters. The summed E-state index contributed by atoms with van der Waals surface area (Å²) in [6.07, 6.45) is 0.655. The van der Waals surface area contributed by atoms with Gasteiger partial charge < -0.3 is 10.2 Å². The fourth-order valence-corrected chi connectivity index (χ4v) is 1.32. The normalized spacial score (nSPS) is 9.00. The second kappa shape index (κ2) is 6.78. The molecule has 1 aromatic rings. The molecule has 0 heterocycles. The van der Waals surface area contributed by atoms with E-state index in [2.05, 4.69) is 0 Å². The maximum Gasteiger partial charge on any atom is 0.154 e. The molecule has 0 aromatic heterocycles. The Morgan fingerprint density at radius 1 is 1.33 bits per heavy atom. The molecule has 0 aliphatic heterocycles. The molecule has 15 heavy (non-hydrogen) atoms.